The summed E-state index contributed by atoms with van der Waals surface area (Å²) in [6.07, 6.45) is 3.08. The summed E-state index contributed by atoms with van der Waals surface area (Å²) in [5.74, 6) is -0.218. The highest BCUT2D eigenvalue weighted by molar-refractivity contribution is 7.97. The van der Waals surface area contributed by atoms with Gasteiger partial charge in [-0.1, -0.05) is 29.8 Å². The Morgan fingerprint density at radius 1 is 1.32 bits per heavy atom. The summed E-state index contributed by atoms with van der Waals surface area (Å²) in [5, 5.41) is 14.3. The number of aryl methyl sites for hydroxylation is 1. The molecule has 0 aliphatic carbocycles. The van der Waals surface area contributed by atoms with Crippen molar-refractivity contribution < 1.29 is 13.2 Å². The number of nitrogens with two attached hydrogens (primary N) is 1. The second-order valence-corrected chi connectivity index (χ2v) is 9.71. The zero-order chi connectivity index (χ0) is 20.3. The Labute approximate surface area is 172 Å². The van der Waals surface area contributed by atoms with Crippen LogP contribution in [0, 0.1) is 0 Å². The lowest BCUT2D eigenvalue weighted by Crippen LogP contribution is -2.14. The Hall–Kier alpha value is -2.07. The first-order valence-corrected chi connectivity index (χ1v) is 11.7. The van der Waals surface area contributed by atoms with Crippen LogP contribution in [0.3, 0.4) is 0 Å². The summed E-state index contributed by atoms with van der Waals surface area (Å²) in [6, 6.07) is 10.7. The number of carbonyl (C=O) groups excluding carboxylic acids is 1. The summed E-state index contributed by atoms with van der Waals surface area (Å²) in [4.78, 5) is 13.1. The number of aromatic nitrogens is 2. The van der Waals surface area contributed by atoms with Crippen molar-refractivity contribution in [2.75, 3.05) is 17.3 Å². The second-order valence-electron chi connectivity index (χ2n) is 6.36. The molecule has 28 heavy (non-hydrogen) atoms. The predicted molar refractivity (Wildman–Crippen MR) is 113 cm³/mol. The number of hydrogen-bond donors (Lipinski definition) is 2. The lowest BCUT2D eigenvalue weighted by molar-refractivity contribution is -0.115. The number of anilines is 1. The molecule has 0 radical (unpaired) electrons. The summed E-state index contributed by atoms with van der Waals surface area (Å²) < 4.78 is 24.3. The molecule has 1 amide bonds. The van der Waals surface area contributed by atoms with Crippen LogP contribution in [-0.2, 0) is 27.6 Å². The fourth-order valence-corrected chi connectivity index (χ4v) is 3.90. The third-order valence-electron chi connectivity index (χ3n) is 4.05. The first-order chi connectivity index (χ1) is 13.2. The van der Waals surface area contributed by atoms with Crippen LogP contribution in [0.2, 0.25) is 5.02 Å². The number of sulfone groups is 1. The minimum atomic E-state index is -3.09. The zero-order valence-corrected chi connectivity index (χ0v) is 17.4. The van der Waals surface area contributed by atoms with Gasteiger partial charge in [0.2, 0.25) is 5.91 Å². The van der Waals surface area contributed by atoms with E-state index in [4.69, 9.17) is 16.7 Å². The maximum Gasteiger partial charge on any atom is 0.228 e. The Morgan fingerprint density at radius 3 is 2.75 bits per heavy atom. The van der Waals surface area contributed by atoms with Gasteiger partial charge in [0.1, 0.15) is 9.84 Å². The number of benzene rings is 2. The third-order valence-corrected chi connectivity index (χ3v) is 5.93. The van der Waals surface area contributed by atoms with Gasteiger partial charge in [0.05, 0.1) is 24.2 Å². The van der Waals surface area contributed by atoms with Gasteiger partial charge in [0.15, 0.2) is 0 Å². The molecule has 0 aliphatic rings. The standard InChI is InChI=1S/C18H19ClN4O3S2/c1-28(25,26)7-6-23-11-14-16(22-23)9-13(10-17(14)27-20)21-18(24)8-12-4-2-3-5-15(12)19/h2-5,9-11H,6-8,20H2,1H3,(H,21,24). The van der Waals surface area contributed by atoms with E-state index in [-0.39, 0.29) is 24.6 Å². The molecule has 3 aromatic rings. The highest BCUT2D eigenvalue weighted by atomic mass is 35.5. The highest BCUT2D eigenvalue weighted by Crippen LogP contribution is 2.29. The molecule has 7 nitrogen and oxygen atoms in total. The van der Waals surface area contributed by atoms with Crippen LogP contribution in [0.15, 0.2) is 47.5 Å². The number of fused-ring (bicyclic) bond motifs is 1. The molecule has 0 atom stereocenters. The lowest BCUT2D eigenvalue weighted by Gasteiger charge is -2.08. The predicted octanol–water partition coefficient (Wildman–Crippen LogP) is 2.88. The molecular formula is C18H19ClN4O3S2. The lowest BCUT2D eigenvalue weighted by atomic mass is 10.1. The normalized spacial score (nSPS) is 11.7. The molecule has 0 fully saturated rings. The molecule has 0 bridgehead atoms. The summed E-state index contributed by atoms with van der Waals surface area (Å²) in [6.45, 7) is 0.246. The van der Waals surface area contributed by atoms with Gasteiger partial charge >= 0.3 is 0 Å². The van der Waals surface area contributed by atoms with Crippen molar-refractivity contribution in [1.29, 1.82) is 0 Å². The monoisotopic (exact) mass is 438 g/mol. The maximum atomic E-state index is 12.4. The van der Waals surface area contributed by atoms with Crippen molar-refractivity contribution in [3.05, 3.63) is 53.2 Å². The Kier molecular flexibility index (Phi) is 6.29. The van der Waals surface area contributed by atoms with E-state index in [9.17, 15) is 13.2 Å². The first-order valence-electron chi connectivity index (χ1n) is 8.34. The molecule has 1 aromatic heterocycles. The third kappa shape index (κ3) is 5.26. The minimum Gasteiger partial charge on any atom is -0.326 e. The van der Waals surface area contributed by atoms with Crippen molar-refractivity contribution in [1.82, 2.24) is 9.78 Å². The van der Waals surface area contributed by atoms with Gasteiger partial charge in [0.25, 0.3) is 0 Å². The summed E-state index contributed by atoms with van der Waals surface area (Å²) in [7, 11) is -3.09. The van der Waals surface area contributed by atoms with Crippen molar-refractivity contribution in [3.63, 3.8) is 0 Å². The molecule has 0 saturated heterocycles. The molecule has 3 N–H and O–H groups in total. The molecule has 0 unspecified atom stereocenters. The van der Waals surface area contributed by atoms with Crippen LogP contribution in [0.5, 0.6) is 0 Å². The van der Waals surface area contributed by atoms with Gasteiger partial charge in [-0.2, -0.15) is 5.10 Å². The SMILES string of the molecule is CS(=O)(=O)CCn1cc2c(SN)cc(NC(=O)Cc3ccccc3Cl)cc2n1. The van der Waals surface area contributed by atoms with E-state index < -0.39 is 9.84 Å². The molecule has 2 aromatic carbocycles. The van der Waals surface area contributed by atoms with E-state index in [0.29, 0.717) is 16.2 Å². The fourth-order valence-electron chi connectivity index (χ4n) is 2.70. The number of nitrogens with one attached hydrogen (secondary N) is 1. The average molecular weight is 439 g/mol. The van der Waals surface area contributed by atoms with Crippen molar-refractivity contribution >= 4 is 55.9 Å². The molecule has 0 spiro atoms. The Balaban J connectivity index is 1.81. The van der Waals surface area contributed by atoms with E-state index >= 15 is 0 Å². The highest BCUT2D eigenvalue weighted by Gasteiger charge is 2.13. The van der Waals surface area contributed by atoms with Crippen LogP contribution in [0.1, 0.15) is 5.56 Å². The van der Waals surface area contributed by atoms with Crippen molar-refractivity contribution in [2.24, 2.45) is 5.14 Å². The number of rotatable bonds is 7. The molecule has 10 heteroatoms. The fraction of sp³-hybridized carbons (Fsp3) is 0.222. The molecule has 3 rings (SSSR count). The van der Waals surface area contributed by atoms with Crippen molar-refractivity contribution in [3.8, 4) is 0 Å². The van der Waals surface area contributed by atoms with Gasteiger partial charge in [-0.3, -0.25) is 14.6 Å². The van der Waals surface area contributed by atoms with E-state index in [0.717, 1.165) is 27.8 Å². The molecule has 1 heterocycles. The van der Waals surface area contributed by atoms with Crippen molar-refractivity contribution in [2.45, 2.75) is 17.9 Å². The van der Waals surface area contributed by atoms with Gasteiger partial charge < -0.3 is 5.32 Å². The second kappa shape index (κ2) is 8.52. The molecule has 148 valence electrons. The Morgan fingerprint density at radius 2 is 2.07 bits per heavy atom. The van der Waals surface area contributed by atoms with Crippen LogP contribution >= 0.6 is 23.5 Å². The number of halogens is 1. The van der Waals surface area contributed by atoms with E-state index in [1.165, 1.54) is 6.26 Å². The largest absolute Gasteiger partial charge is 0.326 e. The first kappa shape index (κ1) is 20.7. The van der Waals surface area contributed by atoms with Gasteiger partial charge in [-0.15, -0.1) is 0 Å². The van der Waals surface area contributed by atoms with Crippen LogP contribution < -0.4 is 10.5 Å². The topological polar surface area (TPSA) is 107 Å². The summed E-state index contributed by atoms with van der Waals surface area (Å²) in [5.41, 5.74) is 1.92. The van der Waals surface area contributed by atoms with E-state index in [1.807, 2.05) is 12.1 Å². The van der Waals surface area contributed by atoms with Gasteiger partial charge in [0, 0.05) is 33.4 Å². The molecule has 0 aliphatic heterocycles. The van der Waals surface area contributed by atoms with Crippen LogP contribution in [0.25, 0.3) is 10.9 Å². The van der Waals surface area contributed by atoms with Crippen LogP contribution in [0.4, 0.5) is 5.69 Å². The van der Waals surface area contributed by atoms with E-state index in [1.54, 1.807) is 35.1 Å². The quantitative estimate of drug-likeness (QED) is 0.549. The Bertz CT molecular complexity index is 1130. The number of carbonyl (C=O) groups is 1. The van der Waals surface area contributed by atoms with Gasteiger partial charge in [-0.05, 0) is 35.7 Å². The number of amides is 1. The maximum absolute atomic E-state index is 12.4. The van der Waals surface area contributed by atoms with E-state index in [2.05, 4.69) is 10.4 Å². The average Bonchev–Trinajstić information content (AvgIpc) is 3.03. The zero-order valence-electron chi connectivity index (χ0n) is 15.1. The number of hydrogen-bond acceptors (Lipinski definition) is 6. The molecular weight excluding hydrogens is 420 g/mol. The van der Waals surface area contributed by atoms with Gasteiger partial charge in [-0.25, -0.2) is 8.42 Å². The summed E-state index contributed by atoms with van der Waals surface area (Å²) >= 11 is 7.15. The molecule has 0 saturated carbocycles. The smallest absolute Gasteiger partial charge is 0.228 e. The number of nitrogens with zero attached hydrogens (tertiary/aromatic N) is 2. The minimum absolute atomic E-state index is 0.00643. The van der Waals surface area contributed by atoms with Crippen LogP contribution in [-0.4, -0.2) is 36.1 Å².